The molecule has 6 heteroatoms. The highest BCUT2D eigenvalue weighted by Crippen LogP contribution is 2.12. The third-order valence-corrected chi connectivity index (χ3v) is 4.37. The standard InChI is InChI=1S/C15H18N2O2S2/c1-19-13-5-2-12(3-6-13)4-7-14(18)16-15(20)17-8-10-21-11-9-17/h2-7H,8-11H2,1H3,(H,16,18,20)/b7-4+. The van der Waals surface area contributed by atoms with E-state index in [0.717, 1.165) is 35.9 Å². The first-order valence-corrected chi connectivity index (χ1v) is 8.25. The molecule has 112 valence electrons. The Labute approximate surface area is 134 Å². The van der Waals surface area contributed by atoms with Crippen molar-refractivity contribution in [1.82, 2.24) is 10.2 Å². The summed E-state index contributed by atoms with van der Waals surface area (Å²) in [5, 5.41) is 3.25. The van der Waals surface area contributed by atoms with Gasteiger partial charge >= 0.3 is 0 Å². The van der Waals surface area contributed by atoms with Crippen molar-refractivity contribution in [2.45, 2.75) is 0 Å². The van der Waals surface area contributed by atoms with Crippen molar-refractivity contribution in [3.05, 3.63) is 35.9 Å². The van der Waals surface area contributed by atoms with E-state index in [9.17, 15) is 4.79 Å². The van der Waals surface area contributed by atoms with E-state index in [1.165, 1.54) is 6.08 Å². The molecule has 0 unspecified atom stereocenters. The molecule has 1 aliphatic heterocycles. The molecule has 0 aliphatic carbocycles. The number of rotatable bonds is 3. The number of nitrogens with zero attached hydrogens (tertiary/aromatic N) is 1. The first kappa shape index (κ1) is 15.9. The topological polar surface area (TPSA) is 41.6 Å². The van der Waals surface area contributed by atoms with Crippen molar-refractivity contribution in [1.29, 1.82) is 0 Å². The summed E-state index contributed by atoms with van der Waals surface area (Å²) in [5.74, 6) is 2.70. The Balaban J connectivity index is 1.85. The average molecular weight is 322 g/mol. The number of thiocarbonyl (C=S) groups is 1. The van der Waals surface area contributed by atoms with Gasteiger partial charge in [-0.25, -0.2) is 0 Å². The second kappa shape index (κ2) is 8.05. The van der Waals surface area contributed by atoms with Gasteiger partial charge in [0.15, 0.2) is 5.11 Å². The summed E-state index contributed by atoms with van der Waals surface area (Å²) in [4.78, 5) is 13.9. The largest absolute Gasteiger partial charge is 0.497 e. The molecule has 0 aromatic heterocycles. The second-order valence-electron chi connectivity index (χ2n) is 4.50. The number of amides is 1. The molecule has 0 bridgehead atoms. The van der Waals surface area contributed by atoms with Crippen LogP contribution in [0.4, 0.5) is 0 Å². The minimum absolute atomic E-state index is 0.200. The van der Waals surface area contributed by atoms with E-state index in [2.05, 4.69) is 5.32 Å². The van der Waals surface area contributed by atoms with E-state index in [1.54, 1.807) is 13.2 Å². The first-order valence-electron chi connectivity index (χ1n) is 6.69. The number of carbonyl (C=O) groups is 1. The van der Waals surface area contributed by atoms with Crippen molar-refractivity contribution in [2.24, 2.45) is 0 Å². The van der Waals surface area contributed by atoms with Crippen molar-refractivity contribution in [2.75, 3.05) is 31.7 Å². The van der Waals surface area contributed by atoms with Crippen LogP contribution < -0.4 is 10.1 Å². The van der Waals surface area contributed by atoms with Gasteiger partial charge in [-0.15, -0.1) is 0 Å². The summed E-state index contributed by atoms with van der Waals surface area (Å²) >= 11 is 7.16. The lowest BCUT2D eigenvalue weighted by Crippen LogP contribution is -2.45. The Morgan fingerprint density at radius 2 is 2.00 bits per heavy atom. The van der Waals surface area contributed by atoms with Crippen LogP contribution in [0.15, 0.2) is 30.3 Å². The molecule has 1 fully saturated rings. The predicted octanol–water partition coefficient (Wildman–Crippen LogP) is 2.16. The molecule has 0 saturated carbocycles. The van der Waals surface area contributed by atoms with Gasteiger partial charge in [-0.05, 0) is 36.0 Å². The molecule has 1 amide bonds. The molecular formula is C15H18N2O2S2. The van der Waals surface area contributed by atoms with Gasteiger partial charge in [0, 0.05) is 30.7 Å². The Bertz CT molecular complexity index is 523. The smallest absolute Gasteiger partial charge is 0.250 e. The zero-order valence-electron chi connectivity index (χ0n) is 11.9. The van der Waals surface area contributed by atoms with Crippen LogP contribution in [0.1, 0.15) is 5.56 Å². The molecular weight excluding hydrogens is 304 g/mol. The Morgan fingerprint density at radius 1 is 1.33 bits per heavy atom. The number of benzene rings is 1. The zero-order chi connectivity index (χ0) is 15.1. The Hall–Kier alpha value is -1.53. The van der Waals surface area contributed by atoms with Crippen LogP contribution in [0.2, 0.25) is 0 Å². The molecule has 4 nitrogen and oxygen atoms in total. The number of thioether (sulfide) groups is 1. The summed E-state index contributed by atoms with van der Waals surface area (Å²) in [6.07, 6.45) is 3.25. The fourth-order valence-corrected chi connectivity index (χ4v) is 3.07. The van der Waals surface area contributed by atoms with Gasteiger partial charge in [-0.2, -0.15) is 11.8 Å². The molecule has 1 heterocycles. The Kier molecular flexibility index (Phi) is 6.07. The highest BCUT2D eigenvalue weighted by atomic mass is 32.2. The lowest BCUT2D eigenvalue weighted by atomic mass is 10.2. The van der Waals surface area contributed by atoms with Gasteiger partial charge < -0.3 is 9.64 Å². The average Bonchev–Trinajstić information content (AvgIpc) is 2.54. The fourth-order valence-electron chi connectivity index (χ4n) is 1.88. The molecule has 1 aromatic carbocycles. The highest BCUT2D eigenvalue weighted by molar-refractivity contribution is 7.99. The van der Waals surface area contributed by atoms with Crippen LogP contribution in [-0.4, -0.2) is 47.6 Å². The van der Waals surface area contributed by atoms with Crippen molar-refractivity contribution >= 4 is 41.1 Å². The van der Waals surface area contributed by atoms with Crippen LogP contribution in [-0.2, 0) is 4.79 Å². The zero-order valence-corrected chi connectivity index (χ0v) is 13.5. The molecule has 0 spiro atoms. The predicted molar refractivity (Wildman–Crippen MR) is 91.7 cm³/mol. The first-order chi connectivity index (χ1) is 10.2. The van der Waals surface area contributed by atoms with Crippen LogP contribution in [0.3, 0.4) is 0 Å². The van der Waals surface area contributed by atoms with E-state index in [0.29, 0.717) is 5.11 Å². The monoisotopic (exact) mass is 322 g/mol. The van der Waals surface area contributed by atoms with Gasteiger partial charge in [0.05, 0.1) is 7.11 Å². The van der Waals surface area contributed by atoms with Gasteiger partial charge in [0.2, 0.25) is 5.91 Å². The highest BCUT2D eigenvalue weighted by Gasteiger charge is 2.14. The summed E-state index contributed by atoms with van der Waals surface area (Å²) in [5.41, 5.74) is 0.936. The van der Waals surface area contributed by atoms with Crippen LogP contribution in [0.5, 0.6) is 5.75 Å². The van der Waals surface area contributed by atoms with E-state index < -0.39 is 0 Å². The lowest BCUT2D eigenvalue weighted by Gasteiger charge is -2.28. The minimum atomic E-state index is -0.200. The third-order valence-electron chi connectivity index (χ3n) is 3.07. The molecule has 21 heavy (non-hydrogen) atoms. The van der Waals surface area contributed by atoms with Crippen molar-refractivity contribution in [3.63, 3.8) is 0 Å². The third kappa shape index (κ3) is 5.06. The quantitative estimate of drug-likeness (QED) is 0.682. The van der Waals surface area contributed by atoms with Gasteiger partial charge in [-0.3, -0.25) is 10.1 Å². The number of hydrogen-bond donors (Lipinski definition) is 1. The summed E-state index contributed by atoms with van der Waals surface area (Å²) < 4.78 is 5.09. The van der Waals surface area contributed by atoms with Crippen LogP contribution in [0, 0.1) is 0 Å². The maximum atomic E-state index is 11.9. The van der Waals surface area contributed by atoms with Gasteiger partial charge in [0.25, 0.3) is 0 Å². The molecule has 0 atom stereocenters. The van der Waals surface area contributed by atoms with E-state index in [4.69, 9.17) is 17.0 Å². The molecule has 2 rings (SSSR count). The van der Waals surface area contributed by atoms with Gasteiger partial charge in [0.1, 0.15) is 5.75 Å². The van der Waals surface area contributed by atoms with E-state index in [-0.39, 0.29) is 5.91 Å². The van der Waals surface area contributed by atoms with Crippen LogP contribution in [0.25, 0.3) is 6.08 Å². The number of ether oxygens (including phenoxy) is 1. The SMILES string of the molecule is COc1ccc(/C=C/C(=O)NC(=S)N2CCSCC2)cc1. The molecule has 0 radical (unpaired) electrons. The Morgan fingerprint density at radius 3 is 2.62 bits per heavy atom. The lowest BCUT2D eigenvalue weighted by molar-refractivity contribution is -0.115. The van der Waals surface area contributed by atoms with Crippen molar-refractivity contribution in [3.8, 4) is 5.75 Å². The van der Waals surface area contributed by atoms with Gasteiger partial charge in [-0.1, -0.05) is 12.1 Å². The fraction of sp³-hybridized carbons (Fsp3) is 0.333. The van der Waals surface area contributed by atoms with Crippen molar-refractivity contribution < 1.29 is 9.53 Å². The molecule has 1 N–H and O–H groups in total. The summed E-state index contributed by atoms with van der Waals surface area (Å²) in [6, 6.07) is 7.49. The molecule has 1 aliphatic rings. The minimum Gasteiger partial charge on any atom is -0.497 e. The maximum Gasteiger partial charge on any atom is 0.250 e. The summed E-state index contributed by atoms with van der Waals surface area (Å²) in [6.45, 7) is 1.79. The maximum absolute atomic E-state index is 11.9. The number of methoxy groups -OCH3 is 1. The molecule has 1 aromatic rings. The number of carbonyl (C=O) groups excluding carboxylic acids is 1. The number of hydrogen-bond acceptors (Lipinski definition) is 4. The normalized spacial score (nSPS) is 15.0. The molecule has 1 saturated heterocycles. The second-order valence-corrected chi connectivity index (χ2v) is 6.11. The van der Waals surface area contributed by atoms with E-state index in [1.807, 2.05) is 40.9 Å². The van der Waals surface area contributed by atoms with Crippen LogP contribution >= 0.6 is 24.0 Å². The van der Waals surface area contributed by atoms with E-state index >= 15 is 0 Å². The number of nitrogens with one attached hydrogen (secondary N) is 1. The summed E-state index contributed by atoms with van der Waals surface area (Å²) in [7, 11) is 1.62.